The number of ether oxygens (including phenoxy) is 1. The molecule has 2 amide bonds. The van der Waals surface area contributed by atoms with E-state index in [-0.39, 0.29) is 64.6 Å². The third kappa shape index (κ3) is 6.24. The lowest BCUT2D eigenvalue weighted by atomic mass is 9.32. The molecule has 6 rings (SSSR count). The van der Waals surface area contributed by atoms with Crippen LogP contribution in [0.25, 0.3) is 0 Å². The molecule has 6 aliphatic carbocycles. The van der Waals surface area contributed by atoms with Gasteiger partial charge in [-0.05, 0) is 144 Å². The Morgan fingerprint density at radius 3 is 2.12 bits per heavy atom. The van der Waals surface area contributed by atoms with Crippen LogP contribution in [0.3, 0.4) is 0 Å². The third-order valence-corrected chi connectivity index (χ3v) is 16.9. The van der Waals surface area contributed by atoms with Gasteiger partial charge < -0.3 is 20.5 Å². The van der Waals surface area contributed by atoms with E-state index in [4.69, 9.17) is 4.74 Å². The van der Waals surface area contributed by atoms with Gasteiger partial charge in [-0.3, -0.25) is 9.59 Å². The van der Waals surface area contributed by atoms with Crippen LogP contribution in [0.5, 0.6) is 0 Å². The van der Waals surface area contributed by atoms with Crippen molar-refractivity contribution in [2.45, 2.75) is 175 Å². The van der Waals surface area contributed by atoms with Crippen molar-refractivity contribution in [3.63, 3.8) is 0 Å². The van der Waals surface area contributed by atoms with E-state index >= 15 is 0 Å². The SMILES string of the molecule is C=C(C)[C@@H]1CC[C@]2(NC(=O)NC3CCC(F)(F)CC3)CC[C@]3(C)[C@H](CC[C@@H]4[C@@]5(C)CC[C@H](OC(=O)CC(C)(C)C(=O)O)C(C)(C)[C@@H]5CC[C@]43C)[C@@H]12. The molecule has 7 nitrogen and oxygen atoms in total. The molecule has 0 spiro atoms. The molecule has 10 atom stereocenters. The average molecular weight is 717 g/mol. The molecule has 6 aliphatic rings. The van der Waals surface area contributed by atoms with Crippen LogP contribution < -0.4 is 10.6 Å². The molecule has 0 unspecified atom stereocenters. The van der Waals surface area contributed by atoms with Gasteiger partial charge in [0.15, 0.2) is 0 Å². The molecule has 0 radical (unpaired) electrons. The first-order valence-corrected chi connectivity index (χ1v) is 20.1. The van der Waals surface area contributed by atoms with Gasteiger partial charge in [-0.1, -0.05) is 46.8 Å². The first-order valence-electron chi connectivity index (χ1n) is 20.1. The summed E-state index contributed by atoms with van der Waals surface area (Å²) >= 11 is 0. The van der Waals surface area contributed by atoms with Crippen molar-refractivity contribution in [1.82, 2.24) is 10.6 Å². The predicted octanol–water partition coefficient (Wildman–Crippen LogP) is 9.69. The summed E-state index contributed by atoms with van der Waals surface area (Å²) in [5, 5.41) is 16.2. The molecule has 0 aliphatic heterocycles. The topological polar surface area (TPSA) is 105 Å². The summed E-state index contributed by atoms with van der Waals surface area (Å²) in [6.45, 7) is 22.0. The maximum absolute atomic E-state index is 13.8. The summed E-state index contributed by atoms with van der Waals surface area (Å²) < 4.78 is 33.8. The van der Waals surface area contributed by atoms with Gasteiger partial charge in [-0.25, -0.2) is 13.6 Å². The Balaban J connectivity index is 1.22. The van der Waals surface area contributed by atoms with Gasteiger partial charge in [-0.2, -0.15) is 0 Å². The Morgan fingerprint density at radius 1 is 0.824 bits per heavy atom. The molecular formula is C42H66F2N2O5. The quantitative estimate of drug-likeness (QED) is 0.180. The highest BCUT2D eigenvalue weighted by atomic mass is 19.3. The van der Waals surface area contributed by atoms with Gasteiger partial charge in [0.2, 0.25) is 5.92 Å². The molecule has 51 heavy (non-hydrogen) atoms. The van der Waals surface area contributed by atoms with E-state index in [9.17, 15) is 28.3 Å². The van der Waals surface area contributed by atoms with Gasteiger partial charge in [0.1, 0.15) is 6.10 Å². The fraction of sp³-hybridized carbons (Fsp3) is 0.881. The van der Waals surface area contributed by atoms with Crippen LogP contribution in [-0.2, 0) is 14.3 Å². The lowest BCUT2D eigenvalue weighted by Gasteiger charge is -2.73. The van der Waals surface area contributed by atoms with E-state index in [1.54, 1.807) is 13.8 Å². The Hall–Kier alpha value is -2.19. The largest absolute Gasteiger partial charge is 0.481 e. The van der Waals surface area contributed by atoms with Crippen molar-refractivity contribution in [1.29, 1.82) is 0 Å². The summed E-state index contributed by atoms with van der Waals surface area (Å²) in [6.07, 6.45) is 10.0. The number of alkyl halides is 2. The number of carbonyl (C=O) groups is 3. The highest BCUT2D eigenvalue weighted by molar-refractivity contribution is 5.81. The Bertz CT molecular complexity index is 1420. The minimum Gasteiger partial charge on any atom is -0.481 e. The van der Waals surface area contributed by atoms with E-state index in [0.717, 1.165) is 64.2 Å². The van der Waals surface area contributed by atoms with Gasteiger partial charge in [0.25, 0.3) is 0 Å². The highest BCUT2D eigenvalue weighted by Crippen LogP contribution is 2.76. The molecule has 6 fully saturated rings. The highest BCUT2D eigenvalue weighted by Gasteiger charge is 2.71. The summed E-state index contributed by atoms with van der Waals surface area (Å²) in [5.74, 6) is -2.07. The van der Waals surface area contributed by atoms with Crippen molar-refractivity contribution < 1.29 is 33.0 Å². The van der Waals surface area contributed by atoms with Gasteiger partial charge in [0, 0.05) is 29.8 Å². The fourth-order valence-electron chi connectivity index (χ4n) is 13.8. The van der Waals surface area contributed by atoms with Crippen LogP contribution in [-0.4, -0.2) is 46.7 Å². The van der Waals surface area contributed by atoms with Crippen molar-refractivity contribution in [2.75, 3.05) is 0 Å². The zero-order chi connectivity index (χ0) is 37.6. The standard InChI is InChI=1S/C42H66F2N2O5/c1-25(2)27-14-19-41(46-35(50)45-26-12-20-42(43,44)21-13-26)23-22-39(8)28(33(27)41)10-11-30-38(7)17-16-31(51-32(47)24-36(3,4)34(48)49)37(5,6)29(38)15-18-40(30,39)9/h26-31,33H,1,10-24H2,2-9H3,(H,48,49)(H2,45,46,50)/t27-,28+,29-,30+,31-,33+,38-,39+,40+,41-/m0/s1. The Labute approximate surface area is 305 Å². The number of rotatable bonds is 7. The maximum Gasteiger partial charge on any atom is 0.315 e. The summed E-state index contributed by atoms with van der Waals surface area (Å²) in [5.41, 5.74) is -0.248. The second-order valence-electron chi connectivity index (χ2n) is 20.3. The van der Waals surface area contributed by atoms with Gasteiger partial charge in [-0.15, -0.1) is 0 Å². The van der Waals surface area contributed by atoms with Crippen LogP contribution in [0.15, 0.2) is 12.2 Å². The second-order valence-corrected chi connectivity index (χ2v) is 20.3. The molecule has 3 N–H and O–H groups in total. The molecule has 9 heteroatoms. The first-order chi connectivity index (χ1) is 23.5. The smallest absolute Gasteiger partial charge is 0.315 e. The summed E-state index contributed by atoms with van der Waals surface area (Å²) in [7, 11) is 0. The van der Waals surface area contributed by atoms with Crippen molar-refractivity contribution >= 4 is 18.0 Å². The Kier molecular flexibility index (Phi) is 9.60. The van der Waals surface area contributed by atoms with Crippen LogP contribution in [0.2, 0.25) is 0 Å². The van der Waals surface area contributed by atoms with E-state index in [1.807, 2.05) is 0 Å². The number of urea groups is 1. The number of fused-ring (bicyclic) bond motifs is 7. The number of hydrogen-bond acceptors (Lipinski definition) is 4. The zero-order valence-electron chi connectivity index (χ0n) is 32.7. The number of hydrogen-bond donors (Lipinski definition) is 3. The molecule has 288 valence electrons. The number of nitrogens with one attached hydrogen (secondary N) is 2. The maximum atomic E-state index is 13.8. The van der Waals surface area contributed by atoms with Gasteiger partial charge >= 0.3 is 18.0 Å². The van der Waals surface area contributed by atoms with Gasteiger partial charge in [0.05, 0.1) is 11.8 Å². The van der Waals surface area contributed by atoms with Crippen LogP contribution in [0, 0.1) is 56.7 Å². The van der Waals surface area contributed by atoms with Crippen molar-refractivity contribution in [3.8, 4) is 0 Å². The minimum atomic E-state index is -2.62. The molecule has 0 aromatic rings. The number of carboxylic acid groups (broad SMARTS) is 1. The molecule has 0 bridgehead atoms. The number of carboxylic acids is 1. The lowest BCUT2D eigenvalue weighted by Crippen LogP contribution is -2.69. The minimum absolute atomic E-state index is 0.0824. The van der Waals surface area contributed by atoms with E-state index < -0.39 is 23.3 Å². The zero-order valence-corrected chi connectivity index (χ0v) is 32.7. The number of esters is 1. The van der Waals surface area contributed by atoms with E-state index in [0.29, 0.717) is 42.4 Å². The molecular weight excluding hydrogens is 650 g/mol. The monoisotopic (exact) mass is 716 g/mol. The predicted molar refractivity (Wildman–Crippen MR) is 194 cm³/mol. The molecule has 0 saturated heterocycles. The van der Waals surface area contributed by atoms with Crippen LogP contribution in [0.4, 0.5) is 13.6 Å². The number of carbonyl (C=O) groups excluding carboxylic acids is 2. The molecule has 0 aromatic carbocycles. The summed E-state index contributed by atoms with van der Waals surface area (Å²) in [6, 6.07) is -0.406. The average Bonchev–Trinajstić information content (AvgIpc) is 3.39. The normalized spacial score (nSPS) is 43.0. The van der Waals surface area contributed by atoms with Crippen LogP contribution in [0.1, 0.15) is 152 Å². The summed E-state index contributed by atoms with van der Waals surface area (Å²) in [4.78, 5) is 38.4. The first kappa shape index (κ1) is 38.5. The number of halogens is 2. The number of allylic oxidation sites excluding steroid dienone is 1. The number of aliphatic carboxylic acids is 1. The molecule has 0 aromatic heterocycles. The second kappa shape index (κ2) is 12.7. The Morgan fingerprint density at radius 2 is 1.49 bits per heavy atom. The fourth-order valence-corrected chi connectivity index (χ4v) is 13.8. The number of amides is 2. The molecule has 0 heterocycles. The van der Waals surface area contributed by atoms with E-state index in [2.05, 4.69) is 58.8 Å². The van der Waals surface area contributed by atoms with Crippen molar-refractivity contribution in [3.05, 3.63) is 12.2 Å². The van der Waals surface area contributed by atoms with Crippen LogP contribution >= 0.6 is 0 Å². The van der Waals surface area contributed by atoms with E-state index in [1.165, 1.54) is 5.57 Å². The molecule has 6 saturated carbocycles. The lowest BCUT2D eigenvalue weighted by molar-refractivity contribution is -0.246. The van der Waals surface area contributed by atoms with Crippen molar-refractivity contribution in [2.24, 2.45) is 56.7 Å². The third-order valence-electron chi connectivity index (χ3n) is 16.9.